The Labute approximate surface area is 428 Å². The van der Waals surface area contributed by atoms with Gasteiger partial charge in [-0.1, -0.05) is 53.7 Å². The molecule has 0 aliphatic rings. The summed E-state index contributed by atoms with van der Waals surface area (Å²) in [6.45, 7) is 19.4. The van der Waals surface area contributed by atoms with Crippen LogP contribution in [0.5, 0.6) is 0 Å². The monoisotopic (exact) mass is 1030 g/mol. The lowest BCUT2D eigenvalue weighted by Crippen LogP contribution is -2.32. The highest BCUT2D eigenvalue weighted by Gasteiger charge is 2.25. The van der Waals surface area contributed by atoms with Gasteiger partial charge in [0, 0.05) is 64.1 Å². The molecule has 7 N–H and O–H groups in total. The molecule has 380 valence electrons. The molecule has 0 aliphatic heterocycles. The maximum atomic E-state index is 15.2. The van der Waals surface area contributed by atoms with Crippen molar-refractivity contribution in [2.75, 3.05) is 29.0 Å². The smallest absolute Gasteiger partial charge is 0.335 e. The number of carboxylic acid groups (broad SMARTS) is 1. The molecule has 0 aliphatic carbocycles. The Bertz CT molecular complexity index is 3210. The molecule has 7 aromatic rings. The second-order valence-corrected chi connectivity index (χ2v) is 21.2. The molecule has 0 bridgehead atoms. The topological polar surface area (TPSA) is 237 Å². The number of rotatable bonds is 13. The number of aromatic amines is 1. The van der Waals surface area contributed by atoms with Gasteiger partial charge in [0.1, 0.15) is 11.6 Å². The van der Waals surface area contributed by atoms with E-state index in [1.807, 2.05) is 41.5 Å². The van der Waals surface area contributed by atoms with Crippen LogP contribution in [0, 0.1) is 50.2 Å². The third kappa shape index (κ3) is 13.9. The molecule has 4 aromatic carbocycles. The first kappa shape index (κ1) is 54.4. The summed E-state index contributed by atoms with van der Waals surface area (Å²) in [5.74, 6) is -4.90. The number of H-pyrrole nitrogens is 1. The highest BCUT2D eigenvalue weighted by molar-refractivity contribution is 7.14. The van der Waals surface area contributed by atoms with Crippen molar-refractivity contribution >= 4 is 74.1 Å². The van der Waals surface area contributed by atoms with Gasteiger partial charge in [0.05, 0.1) is 22.6 Å². The standard InChI is InChI=1S/C29H31FN6O3S.C24H24FN3O4S/c1-15-21(12-19(13-23(15)30)26(38)33-24-16(2)35-36-17(24)3)20-8-7-18(25(37)32-14-29(4,5)6)11-22(20)27(39)34-28-31-9-10-40-28;1-13-17(10-15(22(31)32)11-19(13)25)16-6-5-14(20(29)27-12-24(2,3)4)9-18(16)21(30)28-23-26-7-8-33-23/h7-13H,14H2,1-6H3,(H,32,37)(H,33,38)(H,35,36)(H,31,34,39);5-11H,12H2,1-4H3,(H,27,29)(H,31,32)(H,26,28,30). The number of benzene rings is 4. The largest absolute Gasteiger partial charge is 0.478 e. The van der Waals surface area contributed by atoms with Gasteiger partial charge < -0.3 is 21.1 Å². The molecule has 20 heteroatoms. The van der Waals surface area contributed by atoms with E-state index < -0.39 is 35.3 Å². The van der Waals surface area contributed by atoms with E-state index in [4.69, 9.17) is 0 Å². The number of aromatic carboxylic acids is 1. The van der Waals surface area contributed by atoms with Gasteiger partial charge in [-0.2, -0.15) is 5.10 Å². The minimum absolute atomic E-state index is 0.0661. The van der Waals surface area contributed by atoms with E-state index in [0.717, 1.165) is 12.1 Å². The molecule has 0 fully saturated rings. The Hall–Kier alpha value is -7.97. The lowest BCUT2D eigenvalue weighted by atomic mass is 9.91. The number of thiazole rings is 2. The average Bonchev–Trinajstić information content (AvgIpc) is 4.12. The van der Waals surface area contributed by atoms with E-state index >= 15 is 4.39 Å². The summed E-state index contributed by atoms with van der Waals surface area (Å²) < 4.78 is 29.7. The molecule has 0 saturated carbocycles. The molecule has 7 rings (SSSR count). The summed E-state index contributed by atoms with van der Waals surface area (Å²) in [6.07, 6.45) is 3.09. The zero-order valence-corrected chi connectivity index (χ0v) is 43.4. The van der Waals surface area contributed by atoms with Gasteiger partial charge in [0.15, 0.2) is 10.3 Å². The molecule has 16 nitrogen and oxygen atoms in total. The molecule has 0 saturated heterocycles. The normalized spacial score (nSPS) is 11.2. The first-order valence-electron chi connectivity index (χ1n) is 22.7. The zero-order chi connectivity index (χ0) is 53.5. The number of carbonyl (C=O) groups excluding carboxylic acids is 5. The Kier molecular flexibility index (Phi) is 16.9. The number of hydrogen-bond donors (Lipinski definition) is 7. The predicted octanol–water partition coefficient (Wildman–Crippen LogP) is 10.9. The maximum absolute atomic E-state index is 15.2. The minimum Gasteiger partial charge on any atom is -0.478 e. The average molecular weight is 1030 g/mol. The number of carbonyl (C=O) groups is 6. The van der Waals surface area contributed by atoms with Crippen molar-refractivity contribution in [2.24, 2.45) is 10.8 Å². The zero-order valence-electron chi connectivity index (χ0n) is 41.8. The van der Waals surface area contributed by atoms with Crippen molar-refractivity contribution in [3.8, 4) is 22.3 Å². The Balaban J connectivity index is 0.000000243. The summed E-state index contributed by atoms with van der Waals surface area (Å²) in [7, 11) is 0. The Morgan fingerprint density at radius 2 is 1.00 bits per heavy atom. The molecule has 0 radical (unpaired) electrons. The van der Waals surface area contributed by atoms with Crippen LogP contribution in [0.2, 0.25) is 0 Å². The van der Waals surface area contributed by atoms with Crippen LogP contribution in [0.15, 0.2) is 83.8 Å². The van der Waals surface area contributed by atoms with Gasteiger partial charge in [-0.25, -0.2) is 23.5 Å². The summed E-state index contributed by atoms with van der Waals surface area (Å²) in [4.78, 5) is 84.9. The van der Waals surface area contributed by atoms with Crippen molar-refractivity contribution in [2.45, 2.75) is 69.2 Å². The number of nitrogens with one attached hydrogen (secondary N) is 6. The van der Waals surface area contributed by atoms with Crippen LogP contribution < -0.4 is 26.6 Å². The van der Waals surface area contributed by atoms with Gasteiger partial charge in [-0.05, 0) is 120 Å². The quantitative estimate of drug-likeness (QED) is 0.0577. The van der Waals surface area contributed by atoms with Crippen molar-refractivity contribution < 1.29 is 42.7 Å². The van der Waals surface area contributed by atoms with Crippen molar-refractivity contribution in [1.82, 2.24) is 30.8 Å². The van der Waals surface area contributed by atoms with E-state index in [0.29, 0.717) is 57.1 Å². The highest BCUT2D eigenvalue weighted by Crippen LogP contribution is 2.34. The van der Waals surface area contributed by atoms with Gasteiger partial charge in [0.25, 0.3) is 29.5 Å². The van der Waals surface area contributed by atoms with Gasteiger partial charge in [-0.15, -0.1) is 22.7 Å². The predicted molar refractivity (Wildman–Crippen MR) is 280 cm³/mol. The molecule has 0 atom stereocenters. The molecule has 73 heavy (non-hydrogen) atoms. The number of aromatic nitrogens is 4. The van der Waals surface area contributed by atoms with E-state index in [1.165, 1.54) is 72.2 Å². The second kappa shape index (κ2) is 22.6. The van der Waals surface area contributed by atoms with E-state index in [-0.39, 0.29) is 72.7 Å². The fourth-order valence-electron chi connectivity index (χ4n) is 7.10. The third-order valence-corrected chi connectivity index (χ3v) is 12.4. The van der Waals surface area contributed by atoms with E-state index in [9.17, 15) is 38.3 Å². The highest BCUT2D eigenvalue weighted by atomic mass is 32.1. The maximum Gasteiger partial charge on any atom is 0.335 e. The number of nitrogens with zero attached hydrogens (tertiary/aromatic N) is 3. The fourth-order valence-corrected chi connectivity index (χ4v) is 8.15. The van der Waals surface area contributed by atoms with E-state index in [1.54, 1.807) is 49.9 Å². The first-order valence-corrected chi connectivity index (χ1v) is 24.5. The van der Waals surface area contributed by atoms with Crippen LogP contribution in [0.1, 0.15) is 126 Å². The van der Waals surface area contributed by atoms with Crippen molar-refractivity contribution in [1.29, 1.82) is 0 Å². The van der Waals surface area contributed by atoms with Gasteiger partial charge >= 0.3 is 5.97 Å². The summed E-state index contributed by atoms with van der Waals surface area (Å²) >= 11 is 2.46. The summed E-state index contributed by atoms with van der Waals surface area (Å²) in [5.41, 5.74) is 3.79. The Morgan fingerprint density at radius 3 is 1.38 bits per heavy atom. The molecular formula is C53H55F2N9O7S2. The number of carboxylic acids is 1. The number of hydrogen-bond acceptors (Lipinski definition) is 11. The first-order chi connectivity index (χ1) is 34.3. The molecule has 3 heterocycles. The second-order valence-electron chi connectivity index (χ2n) is 19.4. The lowest BCUT2D eigenvalue weighted by Gasteiger charge is -2.19. The van der Waals surface area contributed by atoms with E-state index in [2.05, 4.69) is 46.7 Å². The van der Waals surface area contributed by atoms with Crippen LogP contribution in [-0.4, -0.2) is 73.9 Å². The molecule has 0 unspecified atom stereocenters. The van der Waals surface area contributed by atoms with Crippen molar-refractivity contribution in [3.05, 3.63) is 151 Å². The minimum atomic E-state index is -1.29. The summed E-state index contributed by atoms with van der Waals surface area (Å²) in [5, 5.41) is 34.3. The molecule has 3 aromatic heterocycles. The molecule has 0 spiro atoms. The van der Waals surface area contributed by atoms with Crippen molar-refractivity contribution in [3.63, 3.8) is 0 Å². The number of aryl methyl sites for hydroxylation is 2. The fraction of sp³-hybridized carbons (Fsp3) is 0.264. The molecular weight excluding hydrogens is 977 g/mol. The van der Waals surface area contributed by atoms with Crippen LogP contribution >= 0.6 is 22.7 Å². The van der Waals surface area contributed by atoms with Gasteiger partial charge in [-0.3, -0.25) is 39.7 Å². The summed E-state index contributed by atoms with van der Waals surface area (Å²) in [6, 6.07) is 14.1. The SMILES string of the molecule is Cc1c(F)cc(C(=O)O)cc1-c1ccc(C(=O)NCC(C)(C)C)cc1C(=O)Nc1nccs1.Cc1n[nH]c(C)c1NC(=O)c1cc(F)c(C)c(-c2ccc(C(=O)NCC(C)(C)C)cc2C(=O)Nc2nccs2)c1. The lowest BCUT2D eigenvalue weighted by molar-refractivity contribution is 0.0695. The Morgan fingerprint density at radius 1 is 0.562 bits per heavy atom. The van der Waals surface area contributed by atoms with Crippen LogP contribution in [0.25, 0.3) is 22.3 Å². The van der Waals surface area contributed by atoms with Gasteiger partial charge in [0.2, 0.25) is 0 Å². The van der Waals surface area contributed by atoms with Crippen LogP contribution in [0.4, 0.5) is 24.7 Å². The third-order valence-electron chi connectivity index (χ3n) is 11.1. The van der Waals surface area contributed by atoms with Crippen LogP contribution in [0.3, 0.4) is 0 Å². The molecule has 5 amide bonds. The van der Waals surface area contributed by atoms with Crippen LogP contribution in [-0.2, 0) is 0 Å². The number of halogens is 2. The number of anilines is 3. The number of amides is 5.